The van der Waals surface area contributed by atoms with Crippen molar-refractivity contribution < 1.29 is 9.47 Å². The number of nitrogens with one attached hydrogen (secondary N) is 1. The van der Waals surface area contributed by atoms with Crippen LogP contribution in [0, 0.1) is 11.7 Å². The molecule has 128 valence electrons. The van der Waals surface area contributed by atoms with Crippen LogP contribution in [0.15, 0.2) is 47.6 Å². The number of nitrogens with zero attached hydrogens (tertiary/aromatic N) is 3. The Bertz CT molecular complexity index is 975. The molecule has 0 aliphatic rings. The van der Waals surface area contributed by atoms with Gasteiger partial charge in [0.25, 0.3) is 0 Å². The van der Waals surface area contributed by atoms with Gasteiger partial charge >= 0.3 is 0 Å². The van der Waals surface area contributed by atoms with E-state index in [2.05, 4.69) is 15.3 Å². The Hall–Kier alpha value is -2.93. The van der Waals surface area contributed by atoms with Gasteiger partial charge in [-0.05, 0) is 37.3 Å². The van der Waals surface area contributed by atoms with Gasteiger partial charge < -0.3 is 9.47 Å². The van der Waals surface area contributed by atoms with E-state index < -0.39 is 0 Å². The van der Waals surface area contributed by atoms with Gasteiger partial charge in [-0.1, -0.05) is 23.8 Å². The molecular weight excluding hydrogens is 336 g/mol. The van der Waals surface area contributed by atoms with Gasteiger partial charge in [0.2, 0.25) is 4.77 Å². The summed E-state index contributed by atoms with van der Waals surface area (Å²) in [6.45, 7) is 2.03. The van der Waals surface area contributed by atoms with Crippen molar-refractivity contribution in [3.63, 3.8) is 0 Å². The van der Waals surface area contributed by atoms with Gasteiger partial charge in [0.15, 0.2) is 5.82 Å². The van der Waals surface area contributed by atoms with Crippen LogP contribution < -0.4 is 9.47 Å². The van der Waals surface area contributed by atoms with E-state index in [1.54, 1.807) is 31.2 Å². The van der Waals surface area contributed by atoms with E-state index >= 15 is 0 Å². The molecule has 0 spiro atoms. The first-order valence-corrected chi connectivity index (χ1v) is 8.04. The van der Waals surface area contributed by atoms with Crippen LogP contribution in [0.4, 0.5) is 0 Å². The van der Waals surface area contributed by atoms with Gasteiger partial charge in [0, 0.05) is 17.2 Å². The third kappa shape index (κ3) is 3.61. The monoisotopic (exact) mass is 354 g/mol. The Balaban J connectivity index is 2.00. The number of ether oxygens (including phenoxy) is 2. The summed E-state index contributed by atoms with van der Waals surface area (Å²) >= 11 is 5.30. The smallest absolute Gasteiger partial charge is 0.216 e. The Kier molecular flexibility index (Phi) is 4.95. The van der Waals surface area contributed by atoms with Crippen LogP contribution in [0.5, 0.6) is 11.5 Å². The first-order valence-electron chi connectivity index (χ1n) is 7.63. The minimum atomic E-state index is 0.417. The molecule has 6 nitrogen and oxygen atoms in total. The van der Waals surface area contributed by atoms with Crippen molar-refractivity contribution in [2.75, 3.05) is 14.2 Å². The van der Waals surface area contributed by atoms with Gasteiger partial charge in [0.1, 0.15) is 11.5 Å². The van der Waals surface area contributed by atoms with E-state index in [-0.39, 0.29) is 0 Å². The van der Waals surface area contributed by atoms with Crippen molar-refractivity contribution >= 4 is 18.4 Å². The molecule has 0 saturated carbocycles. The summed E-state index contributed by atoms with van der Waals surface area (Å²) in [6.07, 6.45) is 1.68. The number of aromatic amines is 1. The number of H-pyrrole nitrogens is 1. The standard InChI is InChI=1S/C18H18N4O2S/c1-12-5-4-6-13(9-12)17-20-21-18(25)22(17)19-11-14-7-8-15(23-2)10-16(14)24-3/h4-11H,1-3H3,(H,21,25)/b19-11+. The highest BCUT2D eigenvalue weighted by Crippen LogP contribution is 2.24. The van der Waals surface area contributed by atoms with Gasteiger partial charge in [0.05, 0.1) is 20.4 Å². The quantitative estimate of drug-likeness (QED) is 0.559. The first-order chi connectivity index (χ1) is 12.1. The summed E-state index contributed by atoms with van der Waals surface area (Å²) < 4.78 is 12.6. The zero-order valence-corrected chi connectivity index (χ0v) is 15.0. The lowest BCUT2D eigenvalue weighted by atomic mass is 10.1. The molecule has 3 rings (SSSR count). The minimum absolute atomic E-state index is 0.417. The summed E-state index contributed by atoms with van der Waals surface area (Å²) in [5.74, 6) is 2.03. The third-order valence-corrected chi connectivity index (χ3v) is 3.94. The third-order valence-electron chi connectivity index (χ3n) is 3.68. The summed E-state index contributed by atoms with van der Waals surface area (Å²) in [4.78, 5) is 0. The molecule has 25 heavy (non-hydrogen) atoms. The highest BCUT2D eigenvalue weighted by Gasteiger charge is 2.09. The number of benzene rings is 2. The first kappa shape index (κ1) is 16.9. The predicted octanol–water partition coefficient (Wildman–Crippen LogP) is 3.82. The highest BCUT2D eigenvalue weighted by atomic mass is 32.1. The maximum Gasteiger partial charge on any atom is 0.216 e. The summed E-state index contributed by atoms with van der Waals surface area (Å²) in [5, 5.41) is 11.6. The van der Waals surface area contributed by atoms with E-state index in [1.165, 1.54) is 0 Å². The molecule has 1 N–H and O–H groups in total. The van der Waals surface area contributed by atoms with E-state index in [0.717, 1.165) is 22.4 Å². The molecule has 0 radical (unpaired) electrons. The van der Waals surface area contributed by atoms with E-state index in [4.69, 9.17) is 21.7 Å². The molecule has 1 aromatic heterocycles. The van der Waals surface area contributed by atoms with Crippen molar-refractivity contribution in [2.24, 2.45) is 5.10 Å². The highest BCUT2D eigenvalue weighted by molar-refractivity contribution is 7.71. The molecule has 0 atom stereocenters. The fourth-order valence-corrected chi connectivity index (χ4v) is 2.59. The normalized spacial score (nSPS) is 11.0. The number of methoxy groups -OCH3 is 2. The summed E-state index contributed by atoms with van der Waals surface area (Å²) in [7, 11) is 3.22. The molecule has 0 unspecified atom stereocenters. The Labute approximate surface area is 150 Å². The molecule has 7 heteroatoms. The number of hydrogen-bond donors (Lipinski definition) is 1. The lowest BCUT2D eigenvalue weighted by molar-refractivity contribution is 0.394. The number of aromatic nitrogens is 3. The van der Waals surface area contributed by atoms with Crippen LogP contribution in [0.3, 0.4) is 0 Å². The minimum Gasteiger partial charge on any atom is -0.497 e. The maximum atomic E-state index is 5.39. The molecule has 0 amide bonds. The number of hydrogen-bond acceptors (Lipinski definition) is 5. The Morgan fingerprint density at radius 3 is 2.72 bits per heavy atom. The lowest BCUT2D eigenvalue weighted by Crippen LogP contribution is -1.97. The van der Waals surface area contributed by atoms with Crippen LogP contribution in [-0.4, -0.2) is 35.3 Å². The zero-order chi connectivity index (χ0) is 17.8. The molecule has 0 fully saturated rings. The SMILES string of the molecule is COc1ccc(/C=N/n2c(-c3cccc(C)c3)n[nH]c2=S)c(OC)c1. The predicted molar refractivity (Wildman–Crippen MR) is 100 cm³/mol. The van der Waals surface area contributed by atoms with Crippen LogP contribution >= 0.6 is 12.2 Å². The molecule has 0 bridgehead atoms. The van der Waals surface area contributed by atoms with Gasteiger partial charge in [-0.25, -0.2) is 5.10 Å². The second kappa shape index (κ2) is 7.31. The number of aryl methyl sites for hydroxylation is 1. The molecule has 0 aliphatic heterocycles. The largest absolute Gasteiger partial charge is 0.497 e. The molecule has 0 saturated heterocycles. The fourth-order valence-electron chi connectivity index (χ4n) is 2.41. The van der Waals surface area contributed by atoms with E-state index in [0.29, 0.717) is 16.3 Å². The van der Waals surface area contributed by atoms with Crippen molar-refractivity contribution in [2.45, 2.75) is 6.92 Å². The maximum absolute atomic E-state index is 5.39. The van der Waals surface area contributed by atoms with Crippen molar-refractivity contribution in [3.8, 4) is 22.9 Å². The van der Waals surface area contributed by atoms with Gasteiger partial charge in [-0.2, -0.15) is 14.9 Å². The van der Waals surface area contributed by atoms with Gasteiger partial charge in [-0.15, -0.1) is 0 Å². The second-order valence-corrected chi connectivity index (χ2v) is 5.77. The van der Waals surface area contributed by atoms with Crippen molar-refractivity contribution in [1.29, 1.82) is 0 Å². The van der Waals surface area contributed by atoms with Crippen LogP contribution in [0.2, 0.25) is 0 Å². The van der Waals surface area contributed by atoms with E-state index in [1.807, 2.05) is 43.3 Å². The van der Waals surface area contributed by atoms with Crippen LogP contribution in [0.1, 0.15) is 11.1 Å². The zero-order valence-electron chi connectivity index (χ0n) is 14.2. The van der Waals surface area contributed by atoms with Crippen LogP contribution in [0.25, 0.3) is 11.4 Å². The fraction of sp³-hybridized carbons (Fsp3) is 0.167. The molecule has 2 aromatic carbocycles. The summed E-state index contributed by atoms with van der Waals surface area (Å²) in [5.41, 5.74) is 2.88. The van der Waals surface area contributed by atoms with Crippen molar-refractivity contribution in [3.05, 3.63) is 58.4 Å². The molecule has 0 aliphatic carbocycles. The Morgan fingerprint density at radius 1 is 1.16 bits per heavy atom. The molecule has 1 heterocycles. The van der Waals surface area contributed by atoms with Gasteiger partial charge in [-0.3, -0.25) is 0 Å². The van der Waals surface area contributed by atoms with Crippen LogP contribution in [-0.2, 0) is 0 Å². The second-order valence-electron chi connectivity index (χ2n) is 5.39. The average Bonchev–Trinajstić information content (AvgIpc) is 3.00. The average molecular weight is 354 g/mol. The number of rotatable bonds is 5. The van der Waals surface area contributed by atoms with E-state index in [9.17, 15) is 0 Å². The van der Waals surface area contributed by atoms with Crippen molar-refractivity contribution in [1.82, 2.24) is 14.9 Å². The molecule has 3 aromatic rings. The topological polar surface area (TPSA) is 64.4 Å². The summed E-state index contributed by atoms with van der Waals surface area (Å²) in [6, 6.07) is 13.5. The Morgan fingerprint density at radius 2 is 2.00 bits per heavy atom. The molecular formula is C18H18N4O2S. The lowest BCUT2D eigenvalue weighted by Gasteiger charge is -2.07.